The Labute approximate surface area is 212 Å². The van der Waals surface area contributed by atoms with E-state index in [1.807, 2.05) is 54.5 Å². The number of carbonyl (C=O) groups excluding carboxylic acids is 1. The van der Waals surface area contributed by atoms with Gasteiger partial charge in [0.25, 0.3) is 0 Å². The van der Waals surface area contributed by atoms with Crippen molar-refractivity contribution in [3.8, 4) is 11.8 Å². The van der Waals surface area contributed by atoms with Gasteiger partial charge in [-0.2, -0.15) is 5.10 Å². The second-order valence-corrected chi connectivity index (χ2v) is 9.77. The average Bonchev–Trinajstić information content (AvgIpc) is 3.19. The predicted molar refractivity (Wildman–Crippen MR) is 136 cm³/mol. The molecule has 1 aliphatic rings. The average molecular weight is 488 g/mol. The summed E-state index contributed by atoms with van der Waals surface area (Å²) >= 11 is 0. The van der Waals surface area contributed by atoms with Gasteiger partial charge < -0.3 is 14.7 Å². The number of amides is 1. The quantitative estimate of drug-likeness (QED) is 0.515. The van der Waals surface area contributed by atoms with Gasteiger partial charge in [0.15, 0.2) is 0 Å². The molecule has 1 amide bonds. The van der Waals surface area contributed by atoms with Gasteiger partial charge in [-0.15, -0.1) is 0 Å². The Morgan fingerprint density at radius 3 is 2.56 bits per heavy atom. The third kappa shape index (κ3) is 7.75. The fourth-order valence-corrected chi connectivity index (χ4v) is 4.08. The van der Waals surface area contributed by atoms with Gasteiger partial charge in [0, 0.05) is 62.9 Å². The van der Waals surface area contributed by atoms with Crippen molar-refractivity contribution in [2.75, 3.05) is 19.6 Å². The van der Waals surface area contributed by atoms with Crippen LogP contribution in [0.5, 0.6) is 0 Å². The maximum atomic E-state index is 13.2. The van der Waals surface area contributed by atoms with E-state index in [1.165, 1.54) is 0 Å². The molecule has 1 saturated heterocycles. The monoisotopic (exact) mass is 487 g/mol. The molecule has 1 fully saturated rings. The first kappa shape index (κ1) is 25.6. The molecule has 0 aliphatic carbocycles. The molecule has 1 aliphatic heterocycles. The van der Waals surface area contributed by atoms with Crippen molar-refractivity contribution in [2.45, 2.75) is 45.2 Å². The van der Waals surface area contributed by atoms with E-state index in [1.54, 1.807) is 37.1 Å². The molecule has 188 valence electrons. The summed E-state index contributed by atoms with van der Waals surface area (Å²) in [5.41, 5.74) is 2.89. The first-order valence-corrected chi connectivity index (χ1v) is 12.1. The van der Waals surface area contributed by atoms with Gasteiger partial charge in [-0.25, -0.2) is 0 Å². The molecule has 0 radical (unpaired) electrons. The van der Waals surface area contributed by atoms with Gasteiger partial charge in [0.05, 0.1) is 25.5 Å². The van der Waals surface area contributed by atoms with E-state index < -0.39 is 5.60 Å². The maximum Gasteiger partial charge on any atom is 0.237 e. The van der Waals surface area contributed by atoms with Crippen LogP contribution < -0.4 is 0 Å². The van der Waals surface area contributed by atoms with E-state index in [0.29, 0.717) is 39.3 Å². The van der Waals surface area contributed by atoms with Crippen LogP contribution in [0.2, 0.25) is 0 Å². The normalized spacial score (nSPS) is 16.9. The SMILES string of the molecule is Cn1cc(CN2C[C@H](OCc3cccnc3)CN(Cc3ccc(C#CC(C)(C)O)cc3)CC2=O)cn1. The van der Waals surface area contributed by atoms with Crippen molar-refractivity contribution in [3.63, 3.8) is 0 Å². The van der Waals surface area contributed by atoms with Gasteiger partial charge in [0.1, 0.15) is 5.60 Å². The summed E-state index contributed by atoms with van der Waals surface area (Å²) in [6, 6.07) is 11.8. The van der Waals surface area contributed by atoms with E-state index in [9.17, 15) is 9.90 Å². The smallest absolute Gasteiger partial charge is 0.237 e. The topological polar surface area (TPSA) is 83.7 Å². The van der Waals surface area contributed by atoms with Gasteiger partial charge >= 0.3 is 0 Å². The number of carbonyl (C=O) groups is 1. The number of pyridine rings is 1. The number of aryl methyl sites for hydroxylation is 1. The summed E-state index contributed by atoms with van der Waals surface area (Å²) in [7, 11) is 1.87. The lowest BCUT2D eigenvalue weighted by Gasteiger charge is -2.24. The Balaban J connectivity index is 1.46. The second-order valence-electron chi connectivity index (χ2n) is 9.77. The number of ether oxygens (including phenoxy) is 1. The largest absolute Gasteiger partial charge is 0.378 e. The summed E-state index contributed by atoms with van der Waals surface area (Å²) < 4.78 is 8.03. The van der Waals surface area contributed by atoms with Crippen molar-refractivity contribution in [1.29, 1.82) is 0 Å². The predicted octanol–water partition coefficient (Wildman–Crippen LogP) is 2.37. The molecule has 3 heterocycles. The van der Waals surface area contributed by atoms with Gasteiger partial charge in [-0.1, -0.05) is 30.0 Å². The van der Waals surface area contributed by atoms with Crippen LogP contribution in [0.3, 0.4) is 0 Å². The van der Waals surface area contributed by atoms with Crippen LogP contribution in [-0.2, 0) is 36.3 Å². The summed E-state index contributed by atoms with van der Waals surface area (Å²) in [5.74, 6) is 5.90. The van der Waals surface area contributed by atoms with E-state index in [-0.39, 0.29) is 12.0 Å². The first-order chi connectivity index (χ1) is 17.2. The number of rotatable bonds is 7. The molecule has 0 saturated carbocycles. The molecule has 8 nitrogen and oxygen atoms in total. The van der Waals surface area contributed by atoms with Crippen LogP contribution in [0, 0.1) is 11.8 Å². The van der Waals surface area contributed by atoms with Gasteiger partial charge in [-0.3, -0.25) is 19.4 Å². The Morgan fingerprint density at radius 2 is 1.89 bits per heavy atom. The minimum Gasteiger partial charge on any atom is -0.378 e. The Kier molecular flexibility index (Phi) is 8.16. The standard InChI is InChI=1S/C28H33N5O3/c1-28(2,35)11-10-22-6-8-23(9-7-22)16-32-18-26(36-21-24-5-4-12-29-13-24)19-33(27(34)20-32)17-25-14-30-31(3)15-25/h4-9,12-15,26,35H,16-21H2,1-3H3/t26-/m1/s1. The highest BCUT2D eigenvalue weighted by molar-refractivity contribution is 5.78. The second kappa shape index (κ2) is 11.5. The van der Waals surface area contributed by atoms with E-state index in [2.05, 4.69) is 26.8 Å². The van der Waals surface area contributed by atoms with Gasteiger partial charge in [-0.05, 0) is 43.2 Å². The molecule has 1 atom stereocenters. The number of aliphatic hydroxyl groups is 1. The van der Waals surface area contributed by atoms with Crippen molar-refractivity contribution in [1.82, 2.24) is 24.6 Å². The molecule has 1 aromatic carbocycles. The fraction of sp³-hybridized carbons (Fsp3) is 0.393. The zero-order valence-corrected chi connectivity index (χ0v) is 21.1. The zero-order valence-electron chi connectivity index (χ0n) is 21.1. The highest BCUT2D eigenvalue weighted by Crippen LogP contribution is 2.16. The van der Waals surface area contributed by atoms with E-state index in [4.69, 9.17) is 4.74 Å². The first-order valence-electron chi connectivity index (χ1n) is 12.1. The maximum absolute atomic E-state index is 13.2. The molecular formula is C28H33N5O3. The molecule has 2 aromatic heterocycles. The lowest BCUT2D eigenvalue weighted by Crippen LogP contribution is -2.37. The van der Waals surface area contributed by atoms with Crippen molar-refractivity contribution in [2.24, 2.45) is 7.05 Å². The Bertz CT molecular complexity index is 1210. The number of aromatic nitrogens is 3. The lowest BCUT2D eigenvalue weighted by atomic mass is 10.1. The highest BCUT2D eigenvalue weighted by atomic mass is 16.5. The van der Waals surface area contributed by atoms with Crippen molar-refractivity contribution < 1.29 is 14.6 Å². The minimum absolute atomic E-state index is 0.0685. The summed E-state index contributed by atoms with van der Waals surface area (Å²) in [5, 5.41) is 14.1. The van der Waals surface area contributed by atoms with Gasteiger partial charge in [0.2, 0.25) is 5.91 Å². The van der Waals surface area contributed by atoms with Crippen LogP contribution in [0.15, 0.2) is 61.2 Å². The molecule has 4 rings (SSSR count). The van der Waals surface area contributed by atoms with Crippen LogP contribution in [0.25, 0.3) is 0 Å². The van der Waals surface area contributed by atoms with E-state index >= 15 is 0 Å². The lowest BCUT2D eigenvalue weighted by molar-refractivity contribution is -0.132. The number of hydrogen-bond acceptors (Lipinski definition) is 6. The highest BCUT2D eigenvalue weighted by Gasteiger charge is 2.29. The number of hydrogen-bond donors (Lipinski definition) is 1. The summed E-state index contributed by atoms with van der Waals surface area (Å²) in [4.78, 5) is 21.4. The fourth-order valence-electron chi connectivity index (χ4n) is 4.08. The van der Waals surface area contributed by atoms with E-state index in [0.717, 1.165) is 22.3 Å². The number of nitrogens with zero attached hydrogens (tertiary/aromatic N) is 5. The zero-order chi connectivity index (χ0) is 25.5. The number of benzene rings is 1. The summed E-state index contributed by atoms with van der Waals surface area (Å²) in [6.07, 6.45) is 7.13. The molecule has 36 heavy (non-hydrogen) atoms. The van der Waals surface area contributed by atoms with Crippen LogP contribution >= 0.6 is 0 Å². The minimum atomic E-state index is -1.03. The third-order valence-corrected chi connectivity index (χ3v) is 5.81. The molecule has 1 N–H and O–H groups in total. The Morgan fingerprint density at radius 1 is 1.08 bits per heavy atom. The van der Waals surface area contributed by atoms with Crippen molar-refractivity contribution >= 4 is 5.91 Å². The molecule has 0 spiro atoms. The Hall–Kier alpha value is -3.51. The molecule has 0 unspecified atom stereocenters. The molecule has 8 heteroatoms. The van der Waals surface area contributed by atoms with Crippen LogP contribution in [0.1, 0.15) is 36.1 Å². The van der Waals surface area contributed by atoms with Crippen LogP contribution in [0.4, 0.5) is 0 Å². The molecule has 3 aromatic rings. The molecule has 0 bridgehead atoms. The van der Waals surface area contributed by atoms with Crippen molar-refractivity contribution in [3.05, 3.63) is 83.4 Å². The third-order valence-electron chi connectivity index (χ3n) is 5.81. The summed E-state index contributed by atoms with van der Waals surface area (Å²) in [6.45, 7) is 6.35. The molecular weight excluding hydrogens is 454 g/mol. The van der Waals surface area contributed by atoms with Crippen LogP contribution in [-0.4, -0.2) is 66.9 Å².